The number of nitrogens with zero attached hydrogens (tertiary/aromatic N) is 1. The molecule has 0 aromatic heterocycles. The quantitative estimate of drug-likeness (QED) is 0.229. The molecule has 0 bridgehead atoms. The Morgan fingerprint density at radius 1 is 0.976 bits per heavy atom. The summed E-state index contributed by atoms with van der Waals surface area (Å²) in [4.78, 5) is 39.1. The molecule has 4 aromatic rings. The Bertz CT molecular complexity index is 1640. The lowest BCUT2D eigenvalue weighted by Crippen LogP contribution is -2.42. The van der Waals surface area contributed by atoms with E-state index in [0.29, 0.717) is 11.4 Å². The average Bonchev–Trinajstić information content (AvgIpc) is 3.52. The minimum Gasteiger partial charge on any atom is -0.465 e. The van der Waals surface area contributed by atoms with Crippen LogP contribution in [0.3, 0.4) is 0 Å². The predicted molar refractivity (Wildman–Crippen MR) is 159 cm³/mol. The number of fused-ring (bicyclic) bond motifs is 6. The van der Waals surface area contributed by atoms with Gasteiger partial charge < -0.3 is 20.5 Å². The first-order valence-corrected chi connectivity index (χ1v) is 13.9. The topological polar surface area (TPSA) is 108 Å². The fraction of sp³-hybridized carbons (Fsp3) is 0.219. The van der Waals surface area contributed by atoms with Gasteiger partial charge in [0, 0.05) is 29.6 Å². The first-order chi connectivity index (χ1) is 19.9. The number of anilines is 2. The maximum Gasteiger partial charge on any atom is 0.411 e. The summed E-state index contributed by atoms with van der Waals surface area (Å²) in [5.41, 5.74) is 6.25. The van der Waals surface area contributed by atoms with Crippen LogP contribution in [0.15, 0.2) is 78.9 Å². The Kier molecular flexibility index (Phi) is 7.01. The summed E-state index contributed by atoms with van der Waals surface area (Å²) in [6, 6.07) is 24.4. The van der Waals surface area contributed by atoms with Gasteiger partial charge in [-0.2, -0.15) is 0 Å². The van der Waals surface area contributed by atoms with Crippen LogP contribution in [0.4, 0.5) is 21.0 Å². The summed E-state index contributed by atoms with van der Waals surface area (Å²) in [6.45, 7) is 1.95. The van der Waals surface area contributed by atoms with Crippen LogP contribution in [0.25, 0.3) is 21.9 Å². The van der Waals surface area contributed by atoms with Gasteiger partial charge in [0.05, 0.1) is 11.4 Å². The number of hydrogen-bond acceptors (Lipinski definition) is 4. The van der Waals surface area contributed by atoms with Crippen molar-refractivity contribution in [1.82, 2.24) is 5.32 Å². The molecule has 41 heavy (non-hydrogen) atoms. The zero-order chi connectivity index (χ0) is 28.7. The maximum absolute atomic E-state index is 13.2. The van der Waals surface area contributed by atoms with E-state index in [4.69, 9.17) is 16.3 Å². The van der Waals surface area contributed by atoms with Crippen molar-refractivity contribution in [2.45, 2.75) is 24.8 Å². The minimum atomic E-state index is -1.09. The largest absolute Gasteiger partial charge is 0.465 e. The Labute approximate surface area is 241 Å². The number of nitrogens with one attached hydrogen (secondary N) is 2. The lowest BCUT2D eigenvalue weighted by atomic mass is 9.95. The monoisotopic (exact) mass is 569 g/mol. The van der Waals surface area contributed by atoms with Gasteiger partial charge in [-0.3, -0.25) is 9.69 Å². The van der Waals surface area contributed by atoms with E-state index in [0.717, 1.165) is 38.6 Å². The molecule has 9 heteroatoms. The van der Waals surface area contributed by atoms with E-state index in [1.165, 1.54) is 4.90 Å². The van der Waals surface area contributed by atoms with Crippen LogP contribution in [0.2, 0.25) is 0 Å². The normalized spacial score (nSPS) is 16.0. The molecule has 8 nitrogen and oxygen atoms in total. The number of benzene rings is 4. The van der Waals surface area contributed by atoms with E-state index in [2.05, 4.69) is 22.8 Å². The number of rotatable bonds is 6. The highest BCUT2D eigenvalue weighted by Gasteiger charge is 2.35. The predicted octanol–water partition coefficient (Wildman–Crippen LogP) is 6.53. The van der Waals surface area contributed by atoms with Crippen LogP contribution in [-0.4, -0.2) is 48.3 Å². The molecule has 1 unspecified atom stereocenters. The molecular weight excluding hydrogens is 542 g/mol. The molecule has 0 saturated heterocycles. The smallest absolute Gasteiger partial charge is 0.411 e. The molecule has 3 amide bonds. The van der Waals surface area contributed by atoms with Gasteiger partial charge in [-0.25, -0.2) is 9.59 Å². The highest BCUT2D eigenvalue weighted by molar-refractivity contribution is 6.19. The van der Waals surface area contributed by atoms with Gasteiger partial charge >= 0.3 is 12.2 Å². The summed E-state index contributed by atoms with van der Waals surface area (Å²) in [7, 11) is 0. The van der Waals surface area contributed by atoms with Crippen molar-refractivity contribution in [1.29, 1.82) is 0 Å². The molecule has 2 atom stereocenters. The Morgan fingerprint density at radius 2 is 1.59 bits per heavy atom. The molecule has 0 spiro atoms. The number of carbonyl (C=O) groups is 3. The van der Waals surface area contributed by atoms with Crippen LogP contribution in [0.1, 0.15) is 35.4 Å². The highest BCUT2D eigenvalue weighted by Crippen LogP contribution is 2.46. The first kappa shape index (κ1) is 26.7. The number of alkyl carbamates (subject to hydrolysis) is 1. The van der Waals surface area contributed by atoms with Crippen molar-refractivity contribution >= 4 is 51.8 Å². The van der Waals surface area contributed by atoms with E-state index < -0.39 is 24.1 Å². The lowest BCUT2D eigenvalue weighted by molar-refractivity contribution is -0.117. The minimum absolute atomic E-state index is 0.0935. The van der Waals surface area contributed by atoms with Crippen molar-refractivity contribution in [2.24, 2.45) is 0 Å². The molecule has 0 fully saturated rings. The fourth-order valence-corrected chi connectivity index (χ4v) is 6.23. The van der Waals surface area contributed by atoms with Crippen molar-refractivity contribution < 1.29 is 24.2 Å². The maximum atomic E-state index is 13.2. The number of alkyl halides is 1. The summed E-state index contributed by atoms with van der Waals surface area (Å²) >= 11 is 6.20. The highest BCUT2D eigenvalue weighted by atomic mass is 35.5. The van der Waals surface area contributed by atoms with Gasteiger partial charge in [-0.1, -0.05) is 72.8 Å². The van der Waals surface area contributed by atoms with Gasteiger partial charge in [-0.05, 0) is 46.2 Å². The number of amides is 3. The second kappa shape index (κ2) is 10.8. The summed E-state index contributed by atoms with van der Waals surface area (Å²) < 4.78 is 5.59. The number of halogens is 1. The van der Waals surface area contributed by atoms with Crippen LogP contribution in [0, 0.1) is 0 Å². The Hall–Kier alpha value is -4.56. The molecule has 0 radical (unpaired) electrons. The van der Waals surface area contributed by atoms with Gasteiger partial charge in [0.15, 0.2) is 0 Å². The molecule has 1 aliphatic carbocycles. The van der Waals surface area contributed by atoms with E-state index in [-0.39, 0.29) is 30.9 Å². The van der Waals surface area contributed by atoms with E-state index >= 15 is 0 Å². The van der Waals surface area contributed by atoms with Crippen molar-refractivity contribution in [3.05, 3.63) is 95.6 Å². The molecule has 2 aliphatic rings. The third-order valence-electron chi connectivity index (χ3n) is 7.91. The van der Waals surface area contributed by atoms with E-state index in [9.17, 15) is 19.5 Å². The van der Waals surface area contributed by atoms with Gasteiger partial charge in [0.1, 0.15) is 12.6 Å². The van der Waals surface area contributed by atoms with Gasteiger partial charge in [0.25, 0.3) is 0 Å². The second-order valence-corrected chi connectivity index (χ2v) is 10.6. The molecule has 4 aromatic carbocycles. The number of carboxylic acid groups (broad SMARTS) is 1. The summed E-state index contributed by atoms with van der Waals surface area (Å²) in [5, 5.41) is 16.9. The zero-order valence-corrected chi connectivity index (χ0v) is 23.0. The third-order valence-corrected chi connectivity index (χ3v) is 8.29. The lowest BCUT2D eigenvalue weighted by Gasteiger charge is -2.19. The van der Waals surface area contributed by atoms with Crippen molar-refractivity contribution in [3.63, 3.8) is 0 Å². The third kappa shape index (κ3) is 4.74. The van der Waals surface area contributed by atoms with E-state index in [1.807, 2.05) is 60.7 Å². The van der Waals surface area contributed by atoms with Crippen LogP contribution in [-0.2, 0) is 9.53 Å². The molecule has 6 rings (SSSR count). The number of hydrogen-bond donors (Lipinski definition) is 3. The van der Waals surface area contributed by atoms with Crippen LogP contribution >= 0.6 is 11.6 Å². The molecule has 0 saturated carbocycles. The Balaban J connectivity index is 1.16. The molecule has 208 valence electrons. The van der Waals surface area contributed by atoms with E-state index in [1.54, 1.807) is 13.0 Å². The standard InChI is InChI=1S/C32H28ClN3O5/c1-18(34-31(38)41-17-26-22-10-4-2-8-20(22)21-9-3-5-11-23(21)26)30(37)35-27-14-28-29(25-13-7-6-12-24(25)27)19(15-33)16-36(28)32(39)40/h2-14,18-19,26H,15-17H2,1H3,(H,34,38)(H,35,37)(H,39,40)/t18?,19-/m1/s1. The van der Waals surface area contributed by atoms with Crippen molar-refractivity contribution in [3.8, 4) is 11.1 Å². The number of ether oxygens (including phenoxy) is 1. The molecular formula is C32H28ClN3O5. The summed E-state index contributed by atoms with van der Waals surface area (Å²) in [6.07, 6.45) is -1.79. The van der Waals surface area contributed by atoms with Crippen molar-refractivity contribution in [2.75, 3.05) is 29.2 Å². The van der Waals surface area contributed by atoms with Crippen LogP contribution in [0.5, 0.6) is 0 Å². The molecule has 1 aliphatic heterocycles. The Morgan fingerprint density at radius 3 is 2.22 bits per heavy atom. The molecule has 3 N–H and O–H groups in total. The first-order valence-electron chi connectivity index (χ1n) is 13.4. The summed E-state index contributed by atoms with van der Waals surface area (Å²) in [5.74, 6) is -0.443. The van der Waals surface area contributed by atoms with Crippen LogP contribution < -0.4 is 15.5 Å². The second-order valence-electron chi connectivity index (χ2n) is 10.3. The fourth-order valence-electron chi connectivity index (χ4n) is 5.98. The SMILES string of the molecule is CC(NC(=O)OCC1c2ccccc2-c2ccccc21)C(=O)Nc1cc2c(c3ccccc13)[C@H](CCl)CN2C(=O)O. The molecule has 1 heterocycles. The number of carbonyl (C=O) groups excluding carboxylic acids is 2. The average molecular weight is 570 g/mol. The van der Waals surface area contributed by atoms with Gasteiger partial charge in [0.2, 0.25) is 5.91 Å². The zero-order valence-electron chi connectivity index (χ0n) is 22.3. The van der Waals surface area contributed by atoms with Gasteiger partial charge in [-0.15, -0.1) is 11.6 Å².